The fraction of sp³-hybridized carbons (Fsp3) is 0.458. The van der Waals surface area contributed by atoms with Crippen molar-refractivity contribution in [3.63, 3.8) is 0 Å². The van der Waals surface area contributed by atoms with Gasteiger partial charge in [0, 0.05) is 50.7 Å². The highest BCUT2D eigenvalue weighted by atomic mass is 16.5. The molecule has 2 aromatic rings. The number of anilines is 3. The van der Waals surface area contributed by atoms with E-state index in [0.29, 0.717) is 11.9 Å². The van der Waals surface area contributed by atoms with Crippen molar-refractivity contribution < 1.29 is 9.53 Å². The molecule has 2 heterocycles. The summed E-state index contributed by atoms with van der Waals surface area (Å²) in [5, 5.41) is 3.34. The molecule has 0 radical (unpaired) electrons. The third kappa shape index (κ3) is 4.50. The first kappa shape index (κ1) is 21.2. The normalized spacial score (nSPS) is 18.5. The zero-order valence-corrected chi connectivity index (χ0v) is 18.8. The highest BCUT2D eigenvalue weighted by Gasteiger charge is 2.29. The second kappa shape index (κ2) is 8.96. The second-order valence-electron chi connectivity index (χ2n) is 8.51. The molecular weight excluding hydrogens is 390 g/mol. The Balaban J connectivity index is 1.46. The van der Waals surface area contributed by atoms with Gasteiger partial charge in [0.2, 0.25) is 11.9 Å². The zero-order valence-electron chi connectivity index (χ0n) is 18.8. The number of fused-ring (bicyclic) bond motifs is 1. The number of ether oxygens (including phenoxy) is 1. The van der Waals surface area contributed by atoms with E-state index in [-0.39, 0.29) is 11.8 Å². The van der Waals surface area contributed by atoms with Gasteiger partial charge in [0.25, 0.3) is 0 Å². The summed E-state index contributed by atoms with van der Waals surface area (Å²) in [4.78, 5) is 25.1. The SMILES string of the molecule is COC1=CCc2cnc(Nc3ccc(N4CCN(C(C)=O)CC4)cc3)nc2C1C(C)C. The minimum Gasteiger partial charge on any atom is -0.501 e. The van der Waals surface area contributed by atoms with Crippen molar-refractivity contribution in [2.24, 2.45) is 5.92 Å². The predicted octanol–water partition coefficient (Wildman–Crippen LogP) is 3.71. The van der Waals surface area contributed by atoms with Crippen LogP contribution in [0.15, 0.2) is 42.3 Å². The van der Waals surface area contributed by atoms with E-state index < -0.39 is 0 Å². The second-order valence-corrected chi connectivity index (χ2v) is 8.51. The third-order valence-electron chi connectivity index (χ3n) is 6.14. The molecule has 164 valence electrons. The van der Waals surface area contributed by atoms with Gasteiger partial charge in [-0.15, -0.1) is 0 Å². The van der Waals surface area contributed by atoms with Crippen LogP contribution in [0.1, 0.15) is 37.9 Å². The van der Waals surface area contributed by atoms with Crippen LogP contribution in [0.2, 0.25) is 0 Å². The molecule has 1 aliphatic carbocycles. The summed E-state index contributed by atoms with van der Waals surface area (Å²) in [7, 11) is 1.73. The molecular formula is C24H31N5O2. The van der Waals surface area contributed by atoms with Gasteiger partial charge in [0.05, 0.1) is 18.7 Å². The lowest BCUT2D eigenvalue weighted by Gasteiger charge is -2.35. The summed E-state index contributed by atoms with van der Waals surface area (Å²) in [6, 6.07) is 8.31. The number of benzene rings is 1. The number of piperazine rings is 1. The van der Waals surface area contributed by atoms with Crippen LogP contribution in [0.4, 0.5) is 17.3 Å². The summed E-state index contributed by atoms with van der Waals surface area (Å²) < 4.78 is 5.62. The van der Waals surface area contributed by atoms with Gasteiger partial charge >= 0.3 is 0 Å². The lowest BCUT2D eigenvalue weighted by atomic mass is 9.83. The first-order valence-electron chi connectivity index (χ1n) is 10.9. The Bertz CT molecular complexity index is 962. The molecule has 1 atom stereocenters. The molecule has 1 aromatic carbocycles. The minimum atomic E-state index is 0.147. The summed E-state index contributed by atoms with van der Waals surface area (Å²) >= 11 is 0. The number of nitrogens with one attached hydrogen (secondary N) is 1. The van der Waals surface area contributed by atoms with Crippen LogP contribution in [0.5, 0.6) is 0 Å². The minimum absolute atomic E-state index is 0.147. The van der Waals surface area contributed by atoms with Gasteiger partial charge in [-0.25, -0.2) is 9.97 Å². The van der Waals surface area contributed by atoms with Gasteiger partial charge in [-0.2, -0.15) is 0 Å². The molecule has 0 saturated carbocycles. The summed E-state index contributed by atoms with van der Waals surface area (Å²) in [6.45, 7) is 9.27. The molecule has 1 N–H and O–H groups in total. The molecule has 0 bridgehead atoms. The Morgan fingerprint density at radius 2 is 1.87 bits per heavy atom. The highest BCUT2D eigenvalue weighted by Crippen LogP contribution is 2.37. The number of hydrogen-bond donors (Lipinski definition) is 1. The molecule has 31 heavy (non-hydrogen) atoms. The van der Waals surface area contributed by atoms with E-state index in [1.165, 1.54) is 0 Å². The van der Waals surface area contributed by atoms with Crippen molar-refractivity contribution in [1.82, 2.24) is 14.9 Å². The number of hydrogen-bond acceptors (Lipinski definition) is 6. The van der Waals surface area contributed by atoms with Crippen molar-refractivity contribution in [3.8, 4) is 0 Å². The van der Waals surface area contributed by atoms with Gasteiger partial charge in [0.15, 0.2) is 0 Å². The van der Waals surface area contributed by atoms with Crippen molar-refractivity contribution >= 4 is 23.2 Å². The number of methoxy groups -OCH3 is 1. The molecule has 7 nitrogen and oxygen atoms in total. The third-order valence-corrected chi connectivity index (χ3v) is 6.14. The van der Waals surface area contributed by atoms with Crippen LogP contribution >= 0.6 is 0 Å². The maximum absolute atomic E-state index is 11.5. The Morgan fingerprint density at radius 3 is 2.48 bits per heavy atom. The molecule has 0 spiro atoms. The van der Waals surface area contributed by atoms with E-state index >= 15 is 0 Å². The first-order chi connectivity index (χ1) is 15.0. The van der Waals surface area contributed by atoms with Crippen molar-refractivity contribution in [2.45, 2.75) is 33.1 Å². The van der Waals surface area contributed by atoms with Crippen LogP contribution in [-0.4, -0.2) is 54.1 Å². The summed E-state index contributed by atoms with van der Waals surface area (Å²) in [5.74, 6) is 2.27. The Labute approximate surface area is 184 Å². The van der Waals surface area contributed by atoms with E-state index in [4.69, 9.17) is 9.72 Å². The molecule has 1 amide bonds. The monoisotopic (exact) mass is 421 g/mol. The van der Waals surface area contributed by atoms with E-state index in [2.05, 4.69) is 59.4 Å². The number of allylic oxidation sites excluding steroid dienone is 2. The standard InChI is InChI=1S/C24H31N5O2/c1-16(2)22-21(31-4)10-5-18-15-25-24(27-23(18)22)26-19-6-8-20(9-7-19)29-13-11-28(12-14-29)17(3)30/h6-10,15-16,22H,5,11-14H2,1-4H3,(H,25,26,27). The van der Waals surface area contributed by atoms with Crippen LogP contribution in [-0.2, 0) is 16.0 Å². The quantitative estimate of drug-likeness (QED) is 0.794. The number of amides is 1. The van der Waals surface area contributed by atoms with Gasteiger partial charge in [-0.05, 0) is 48.2 Å². The molecule has 1 saturated heterocycles. The maximum atomic E-state index is 11.5. The molecule has 1 aliphatic heterocycles. The smallest absolute Gasteiger partial charge is 0.227 e. The number of aromatic nitrogens is 2. The number of carbonyl (C=O) groups is 1. The number of rotatable bonds is 5. The van der Waals surface area contributed by atoms with Crippen LogP contribution in [0.3, 0.4) is 0 Å². The Morgan fingerprint density at radius 1 is 1.16 bits per heavy atom. The molecule has 1 unspecified atom stereocenters. The van der Waals surface area contributed by atoms with Gasteiger partial charge < -0.3 is 19.9 Å². The zero-order chi connectivity index (χ0) is 22.0. The topological polar surface area (TPSA) is 70.6 Å². The van der Waals surface area contributed by atoms with Crippen molar-refractivity contribution in [3.05, 3.63) is 53.6 Å². The largest absolute Gasteiger partial charge is 0.501 e. The van der Waals surface area contributed by atoms with E-state index in [1.807, 2.05) is 11.1 Å². The average Bonchev–Trinajstić information content (AvgIpc) is 2.78. The molecule has 1 aromatic heterocycles. The Kier molecular flexibility index (Phi) is 6.11. The molecule has 1 fully saturated rings. The maximum Gasteiger partial charge on any atom is 0.227 e. The fourth-order valence-electron chi connectivity index (χ4n) is 4.40. The molecule has 4 rings (SSSR count). The van der Waals surface area contributed by atoms with Crippen molar-refractivity contribution in [2.75, 3.05) is 43.5 Å². The van der Waals surface area contributed by atoms with E-state index in [0.717, 1.165) is 61.0 Å². The van der Waals surface area contributed by atoms with Gasteiger partial charge in [-0.3, -0.25) is 4.79 Å². The number of nitrogens with zero attached hydrogens (tertiary/aromatic N) is 4. The lowest BCUT2D eigenvalue weighted by molar-refractivity contribution is -0.129. The van der Waals surface area contributed by atoms with Gasteiger partial charge in [-0.1, -0.05) is 13.8 Å². The summed E-state index contributed by atoms with van der Waals surface area (Å²) in [5.41, 5.74) is 4.32. The average molecular weight is 422 g/mol. The summed E-state index contributed by atoms with van der Waals surface area (Å²) in [6.07, 6.45) is 4.86. The Hall–Kier alpha value is -3.09. The van der Waals surface area contributed by atoms with E-state index in [9.17, 15) is 4.79 Å². The van der Waals surface area contributed by atoms with Crippen molar-refractivity contribution in [1.29, 1.82) is 0 Å². The fourth-order valence-corrected chi connectivity index (χ4v) is 4.40. The molecule has 7 heteroatoms. The first-order valence-corrected chi connectivity index (χ1v) is 10.9. The predicted molar refractivity (Wildman–Crippen MR) is 123 cm³/mol. The van der Waals surface area contributed by atoms with Crippen LogP contribution in [0, 0.1) is 5.92 Å². The number of carbonyl (C=O) groups excluding carboxylic acids is 1. The van der Waals surface area contributed by atoms with E-state index in [1.54, 1.807) is 14.0 Å². The van der Waals surface area contributed by atoms with Gasteiger partial charge in [0.1, 0.15) is 5.76 Å². The highest BCUT2D eigenvalue weighted by molar-refractivity contribution is 5.73. The lowest BCUT2D eigenvalue weighted by Crippen LogP contribution is -2.48. The van der Waals surface area contributed by atoms with Crippen LogP contribution < -0.4 is 10.2 Å². The molecule has 2 aliphatic rings. The van der Waals surface area contributed by atoms with Crippen LogP contribution in [0.25, 0.3) is 0 Å².